The van der Waals surface area contributed by atoms with Crippen molar-refractivity contribution >= 4 is 3.21 Å². The number of rotatable bonds is 4. The third-order valence-corrected chi connectivity index (χ3v) is 15.8. The van der Waals surface area contributed by atoms with Crippen molar-refractivity contribution in [1.82, 2.24) is 0 Å². The minimum atomic E-state index is -2.60. The van der Waals surface area contributed by atoms with Gasteiger partial charge in [-0.25, -0.2) is 0 Å². The van der Waals surface area contributed by atoms with Gasteiger partial charge in [-0.3, -0.25) is 0 Å². The van der Waals surface area contributed by atoms with Crippen LogP contribution in [0.4, 0.5) is 0 Å². The zero-order chi connectivity index (χ0) is 24.7. The van der Waals surface area contributed by atoms with Crippen molar-refractivity contribution in [1.29, 1.82) is 0 Å². The van der Waals surface area contributed by atoms with Crippen LogP contribution in [0.3, 0.4) is 0 Å². The Morgan fingerprint density at radius 2 is 1.08 bits per heavy atom. The summed E-state index contributed by atoms with van der Waals surface area (Å²) in [5.74, 6) is 0. The first kappa shape index (κ1) is 28.7. The zero-order valence-corrected chi connectivity index (χ0v) is 26.1. The second-order valence-corrected chi connectivity index (χ2v) is 17.2. The SMILES string of the molecule is CC(C)(C)C1=CC[C]([Zr+2](=[C](c2ccccc2)c2ccccc2)[CH]2c3ccccc3-c3ccccc32)=C1.[Cl-].[Cl-]. The first-order valence-corrected chi connectivity index (χ1v) is 16.8. The van der Waals surface area contributed by atoms with Crippen molar-refractivity contribution in [2.24, 2.45) is 5.41 Å². The van der Waals surface area contributed by atoms with Gasteiger partial charge in [0.25, 0.3) is 0 Å². The molecule has 0 fully saturated rings. The summed E-state index contributed by atoms with van der Waals surface area (Å²) in [5.41, 5.74) is 10.4. The molecular weight excluding hydrogens is 583 g/mol. The zero-order valence-electron chi connectivity index (χ0n) is 22.1. The van der Waals surface area contributed by atoms with Crippen molar-refractivity contribution in [3.63, 3.8) is 0 Å². The van der Waals surface area contributed by atoms with E-state index in [0.29, 0.717) is 3.63 Å². The standard InChI is InChI=1S/C13H9.C13H10.C9H13.2ClH.Zr/c1-3-7-12-10(5-1)9-11-6-2-4-8-13(11)12;1-3-7-12(8-4-1)11-13-9-5-2-6-10-13;1-9(2,3)8-6-4-5-7-8;;;/h1-9H;1-10H;6-7H,4H2,1-3H3;2*1H;/q;;;;;+2/p-2. The van der Waals surface area contributed by atoms with E-state index in [9.17, 15) is 0 Å². The molecule has 0 nitrogen and oxygen atoms in total. The van der Waals surface area contributed by atoms with Crippen molar-refractivity contribution < 1.29 is 46.1 Å². The van der Waals surface area contributed by atoms with Gasteiger partial charge < -0.3 is 24.8 Å². The fourth-order valence-corrected chi connectivity index (χ4v) is 15.0. The van der Waals surface area contributed by atoms with Crippen LogP contribution >= 0.6 is 0 Å². The van der Waals surface area contributed by atoms with Crippen LogP contribution in [0, 0.1) is 5.41 Å². The molecule has 0 heterocycles. The molecule has 6 rings (SSSR count). The second kappa shape index (κ2) is 11.8. The summed E-state index contributed by atoms with van der Waals surface area (Å²) < 4.78 is 3.79. The van der Waals surface area contributed by atoms with Gasteiger partial charge in [0.2, 0.25) is 0 Å². The molecule has 0 unspecified atom stereocenters. The second-order valence-electron chi connectivity index (χ2n) is 10.9. The number of hydrogen-bond donors (Lipinski definition) is 0. The summed E-state index contributed by atoms with van der Waals surface area (Å²) in [4.78, 5) is 0. The molecule has 4 aromatic rings. The van der Waals surface area contributed by atoms with Gasteiger partial charge in [-0.2, -0.15) is 0 Å². The monoisotopic (exact) mass is 612 g/mol. The van der Waals surface area contributed by atoms with E-state index in [-0.39, 0.29) is 30.2 Å². The summed E-state index contributed by atoms with van der Waals surface area (Å²) in [6, 6.07) is 40.8. The molecule has 0 amide bonds. The Bertz CT molecular complexity index is 1440. The first-order chi connectivity index (χ1) is 17.5. The summed E-state index contributed by atoms with van der Waals surface area (Å²) in [5, 5.41) is 0. The smallest absolute Gasteiger partial charge is 1.00 e. The summed E-state index contributed by atoms with van der Waals surface area (Å²) in [6.45, 7) is 7.04. The normalized spacial score (nSPS) is 13.6. The molecule has 2 aliphatic rings. The molecule has 190 valence electrons. The molecule has 0 radical (unpaired) electrons. The van der Waals surface area contributed by atoms with Crippen molar-refractivity contribution in [2.75, 3.05) is 0 Å². The first-order valence-electron chi connectivity index (χ1n) is 13.0. The van der Waals surface area contributed by atoms with Crippen LogP contribution < -0.4 is 24.8 Å². The predicted octanol–water partition coefficient (Wildman–Crippen LogP) is 2.91. The molecule has 0 N–H and O–H groups in total. The maximum Gasteiger partial charge on any atom is -1.00 e. The predicted molar refractivity (Wildman–Crippen MR) is 150 cm³/mol. The largest absolute Gasteiger partial charge is 1.00 e. The van der Waals surface area contributed by atoms with Gasteiger partial charge in [0.1, 0.15) is 0 Å². The summed E-state index contributed by atoms with van der Waals surface area (Å²) in [6.07, 6.45) is 6.20. The molecule has 0 saturated carbocycles. The van der Waals surface area contributed by atoms with Gasteiger partial charge in [0.05, 0.1) is 0 Å². The van der Waals surface area contributed by atoms with Gasteiger partial charge in [-0.1, -0.05) is 0 Å². The molecule has 0 spiro atoms. The van der Waals surface area contributed by atoms with Crippen LogP contribution in [-0.2, 0) is 21.3 Å². The number of fused-ring (bicyclic) bond motifs is 3. The Kier molecular flexibility index (Phi) is 8.94. The van der Waals surface area contributed by atoms with E-state index in [1.54, 1.807) is 6.49 Å². The molecule has 2 aliphatic carbocycles. The molecular formula is C35H32Cl2Zr. The van der Waals surface area contributed by atoms with Crippen molar-refractivity contribution in [2.45, 2.75) is 30.8 Å². The molecule has 3 heteroatoms. The van der Waals surface area contributed by atoms with Gasteiger partial charge in [-0.05, 0) is 0 Å². The average Bonchev–Trinajstić information content (AvgIpc) is 3.52. The van der Waals surface area contributed by atoms with E-state index >= 15 is 0 Å². The molecule has 4 aromatic carbocycles. The van der Waals surface area contributed by atoms with Crippen LogP contribution in [0.15, 0.2) is 130 Å². The Balaban J connectivity index is 0.00000168. The number of hydrogen-bond acceptors (Lipinski definition) is 0. The van der Waals surface area contributed by atoms with E-state index in [1.807, 2.05) is 0 Å². The summed E-state index contributed by atoms with van der Waals surface area (Å²) >= 11 is -2.60. The average molecular weight is 615 g/mol. The maximum absolute atomic E-state index is 2.60. The van der Waals surface area contributed by atoms with Gasteiger partial charge in [-0.15, -0.1) is 0 Å². The molecule has 0 atom stereocenters. The molecule has 0 bridgehead atoms. The van der Waals surface area contributed by atoms with Gasteiger partial charge in [0.15, 0.2) is 0 Å². The Labute approximate surface area is 247 Å². The van der Waals surface area contributed by atoms with Crippen LogP contribution in [0.25, 0.3) is 11.1 Å². The van der Waals surface area contributed by atoms with E-state index in [0.717, 1.165) is 6.42 Å². The van der Waals surface area contributed by atoms with Crippen LogP contribution in [0.5, 0.6) is 0 Å². The molecule has 0 saturated heterocycles. The van der Waals surface area contributed by atoms with E-state index in [2.05, 4.69) is 142 Å². The van der Waals surface area contributed by atoms with E-state index < -0.39 is 21.3 Å². The molecule has 38 heavy (non-hydrogen) atoms. The fraction of sp³-hybridized carbons (Fsp3) is 0.171. The Morgan fingerprint density at radius 3 is 1.53 bits per heavy atom. The van der Waals surface area contributed by atoms with Gasteiger partial charge >= 0.3 is 224 Å². The summed E-state index contributed by atoms with van der Waals surface area (Å²) in [7, 11) is 0. The topological polar surface area (TPSA) is 0 Å². The number of allylic oxidation sites excluding steroid dienone is 4. The van der Waals surface area contributed by atoms with Crippen molar-refractivity contribution in [3.05, 3.63) is 152 Å². The minimum absolute atomic E-state index is 0. The number of benzene rings is 4. The van der Waals surface area contributed by atoms with E-state index in [4.69, 9.17) is 0 Å². The maximum atomic E-state index is 2.60. The third-order valence-electron chi connectivity index (χ3n) is 7.60. The van der Waals surface area contributed by atoms with Gasteiger partial charge in [0, 0.05) is 0 Å². The number of halogens is 2. The fourth-order valence-electron chi connectivity index (χ4n) is 5.88. The van der Waals surface area contributed by atoms with Crippen molar-refractivity contribution in [3.8, 4) is 11.1 Å². The Morgan fingerprint density at radius 1 is 0.632 bits per heavy atom. The molecule has 0 aromatic heterocycles. The van der Waals surface area contributed by atoms with Crippen LogP contribution in [0.1, 0.15) is 53.1 Å². The van der Waals surface area contributed by atoms with E-state index in [1.165, 1.54) is 39.0 Å². The minimum Gasteiger partial charge on any atom is -1.00 e. The molecule has 0 aliphatic heterocycles. The Hall–Kier alpha value is -2.31. The van der Waals surface area contributed by atoms with Crippen LogP contribution in [0.2, 0.25) is 0 Å². The van der Waals surface area contributed by atoms with Crippen LogP contribution in [-0.4, -0.2) is 3.21 Å². The quantitative estimate of drug-likeness (QED) is 0.332. The third kappa shape index (κ3) is 5.27.